The lowest BCUT2D eigenvalue weighted by molar-refractivity contribution is 0.671. The fourth-order valence-electron chi connectivity index (χ4n) is 7.86. The van der Waals surface area contributed by atoms with Crippen LogP contribution in [0.3, 0.4) is 0 Å². The highest BCUT2D eigenvalue weighted by Crippen LogP contribution is 2.37. The zero-order valence-electron chi connectivity index (χ0n) is 29.5. The molecule has 254 valence electrons. The monoisotopic (exact) mass is 689 g/mol. The summed E-state index contributed by atoms with van der Waals surface area (Å²) in [6.45, 7) is 0. The number of fused-ring (bicyclic) bond motifs is 9. The Balaban J connectivity index is 0.983. The molecule has 0 fully saturated rings. The summed E-state index contributed by atoms with van der Waals surface area (Å²) >= 11 is 0. The normalized spacial score (nSPS) is 16.4. The van der Waals surface area contributed by atoms with Gasteiger partial charge in [0, 0.05) is 46.6 Å². The number of pyridine rings is 3. The maximum atomic E-state index is 4.93. The van der Waals surface area contributed by atoms with Gasteiger partial charge in [-0.15, -0.1) is 0 Å². The highest BCUT2D eigenvalue weighted by molar-refractivity contribution is 6.07. The second-order valence-corrected chi connectivity index (χ2v) is 14.2. The van der Waals surface area contributed by atoms with E-state index in [2.05, 4.69) is 182 Å². The molecule has 0 saturated carbocycles. The number of allylic oxidation sites excluding steroid dienone is 5. The second kappa shape index (κ2) is 13.5. The quantitative estimate of drug-likeness (QED) is 0.163. The van der Waals surface area contributed by atoms with E-state index in [1.165, 1.54) is 37.9 Å². The van der Waals surface area contributed by atoms with Crippen LogP contribution in [-0.4, -0.2) is 15.0 Å². The zero-order valence-corrected chi connectivity index (χ0v) is 29.5. The van der Waals surface area contributed by atoms with Gasteiger partial charge in [0.15, 0.2) is 0 Å². The van der Waals surface area contributed by atoms with Crippen LogP contribution in [-0.2, 0) is 0 Å². The summed E-state index contributed by atoms with van der Waals surface area (Å²) in [7, 11) is 0. The lowest BCUT2D eigenvalue weighted by Crippen LogP contribution is -2.15. The van der Waals surface area contributed by atoms with Gasteiger partial charge in [0.25, 0.3) is 0 Å². The van der Waals surface area contributed by atoms with Crippen LogP contribution < -0.4 is 0 Å². The van der Waals surface area contributed by atoms with Crippen LogP contribution >= 0.6 is 0 Å². The highest BCUT2D eigenvalue weighted by Gasteiger charge is 2.25. The summed E-state index contributed by atoms with van der Waals surface area (Å²) in [6.07, 6.45) is 32.1. The van der Waals surface area contributed by atoms with Gasteiger partial charge in [-0.25, -0.2) is 0 Å². The van der Waals surface area contributed by atoms with Gasteiger partial charge in [-0.1, -0.05) is 140 Å². The van der Waals surface area contributed by atoms with Crippen LogP contribution in [0.25, 0.3) is 85.8 Å². The van der Waals surface area contributed by atoms with Crippen molar-refractivity contribution in [1.29, 1.82) is 0 Å². The first kappa shape index (κ1) is 31.7. The van der Waals surface area contributed by atoms with Crippen LogP contribution in [0.4, 0.5) is 0 Å². The van der Waals surface area contributed by atoms with Gasteiger partial charge >= 0.3 is 0 Å². The van der Waals surface area contributed by atoms with Crippen molar-refractivity contribution >= 4 is 85.8 Å². The first-order valence-corrected chi connectivity index (χ1v) is 18.5. The molecule has 3 aromatic heterocycles. The number of nitrogens with zero attached hydrogens (tertiary/aromatic N) is 3. The Hall–Kier alpha value is -6.97. The predicted octanol–water partition coefficient (Wildman–Crippen LogP) is 12.8. The van der Waals surface area contributed by atoms with Crippen molar-refractivity contribution in [1.82, 2.24) is 15.0 Å². The Kier molecular flexibility index (Phi) is 7.96. The lowest BCUT2D eigenvalue weighted by Gasteiger charge is -2.26. The summed E-state index contributed by atoms with van der Waals surface area (Å²) in [5, 5.41) is 8.31. The Labute approximate surface area is 314 Å². The molecule has 3 nitrogen and oxygen atoms in total. The van der Waals surface area contributed by atoms with E-state index in [1.807, 2.05) is 18.6 Å². The van der Waals surface area contributed by atoms with Crippen molar-refractivity contribution in [2.24, 2.45) is 5.92 Å². The number of benzene rings is 5. The van der Waals surface area contributed by atoms with Gasteiger partial charge in [-0.2, -0.15) is 0 Å². The van der Waals surface area contributed by atoms with Crippen molar-refractivity contribution in [3.8, 4) is 0 Å². The standard InChI is InChI=1S/C51H35N3/c1-4-10-46-39(7-1)18-21-42-30-45(52-33-49(42)46)24-17-36-26-34(13-15-37-28-43-22-19-40-8-2-5-11-47(40)50(43)53-31-37)25-35(27-36)14-16-38-29-44-23-20-41-9-3-6-12-48(41)51(44)54-32-38/h1-33,40,47H/b15-13-,16-14-,24-17-. The molecule has 0 aliphatic heterocycles. The van der Waals surface area contributed by atoms with Crippen LogP contribution in [0.5, 0.6) is 0 Å². The minimum Gasteiger partial charge on any atom is -0.259 e. The second-order valence-electron chi connectivity index (χ2n) is 14.2. The average molecular weight is 690 g/mol. The molecule has 2 atom stereocenters. The fraction of sp³-hybridized carbons (Fsp3) is 0.0392. The Morgan fingerprint density at radius 1 is 0.426 bits per heavy atom. The summed E-state index contributed by atoms with van der Waals surface area (Å²) < 4.78 is 0. The number of hydrogen-bond acceptors (Lipinski definition) is 3. The molecule has 0 radical (unpaired) electrons. The number of hydrogen-bond donors (Lipinski definition) is 0. The molecule has 3 heterocycles. The molecule has 8 aromatic rings. The molecule has 2 aliphatic rings. The molecule has 0 saturated heterocycles. The van der Waals surface area contributed by atoms with Gasteiger partial charge in [0.1, 0.15) is 0 Å². The van der Waals surface area contributed by atoms with Crippen molar-refractivity contribution < 1.29 is 0 Å². The summed E-state index contributed by atoms with van der Waals surface area (Å²) in [5.41, 5.74) is 9.71. The molecular weight excluding hydrogens is 655 g/mol. The fourth-order valence-corrected chi connectivity index (χ4v) is 7.86. The Bertz CT molecular complexity index is 2810. The summed E-state index contributed by atoms with van der Waals surface area (Å²) in [6, 6.07) is 38.9. The third-order valence-electron chi connectivity index (χ3n) is 10.6. The molecule has 3 heteroatoms. The zero-order chi connectivity index (χ0) is 35.8. The van der Waals surface area contributed by atoms with Gasteiger partial charge in [0.2, 0.25) is 0 Å². The minimum atomic E-state index is 0.305. The van der Waals surface area contributed by atoms with Gasteiger partial charge in [0.05, 0.1) is 16.9 Å². The van der Waals surface area contributed by atoms with Crippen LogP contribution in [0, 0.1) is 5.92 Å². The maximum absolute atomic E-state index is 4.93. The van der Waals surface area contributed by atoms with Gasteiger partial charge in [-0.3, -0.25) is 15.0 Å². The largest absolute Gasteiger partial charge is 0.259 e. The number of aromatic nitrogens is 3. The van der Waals surface area contributed by atoms with Crippen molar-refractivity contribution in [2.45, 2.75) is 5.92 Å². The molecule has 0 spiro atoms. The number of rotatable bonds is 6. The summed E-state index contributed by atoms with van der Waals surface area (Å²) in [4.78, 5) is 14.6. The highest BCUT2D eigenvalue weighted by atomic mass is 14.7. The van der Waals surface area contributed by atoms with E-state index in [-0.39, 0.29) is 0 Å². The molecule has 0 bridgehead atoms. The first-order valence-electron chi connectivity index (χ1n) is 18.5. The smallest absolute Gasteiger partial charge is 0.0780 e. The van der Waals surface area contributed by atoms with Crippen LogP contribution in [0.2, 0.25) is 0 Å². The van der Waals surface area contributed by atoms with E-state index >= 15 is 0 Å². The summed E-state index contributed by atoms with van der Waals surface area (Å²) in [5.74, 6) is 0.688. The van der Waals surface area contributed by atoms with E-state index in [9.17, 15) is 0 Å². The molecule has 10 rings (SSSR count). The van der Waals surface area contributed by atoms with Gasteiger partial charge < -0.3 is 0 Å². The third kappa shape index (κ3) is 6.16. The Morgan fingerprint density at radius 2 is 1.06 bits per heavy atom. The van der Waals surface area contributed by atoms with Crippen molar-refractivity contribution in [2.75, 3.05) is 0 Å². The Morgan fingerprint density at radius 3 is 1.87 bits per heavy atom. The third-order valence-corrected chi connectivity index (χ3v) is 10.6. The molecule has 0 N–H and O–H groups in total. The molecule has 2 unspecified atom stereocenters. The molecule has 5 aromatic carbocycles. The van der Waals surface area contributed by atoms with E-state index < -0.39 is 0 Å². The van der Waals surface area contributed by atoms with E-state index in [1.54, 1.807) is 0 Å². The van der Waals surface area contributed by atoms with E-state index in [0.717, 1.165) is 50.1 Å². The average Bonchev–Trinajstić information content (AvgIpc) is 3.23. The van der Waals surface area contributed by atoms with Crippen molar-refractivity contribution in [3.05, 3.63) is 203 Å². The first-order chi connectivity index (χ1) is 26.7. The minimum absolute atomic E-state index is 0.305. The molecular formula is C51H35N3. The maximum Gasteiger partial charge on any atom is 0.0780 e. The SMILES string of the molecule is C1=CC2C=Cc3cc(/C=C\c4cc(/C=C\c5cnc6c(ccc7ccccc76)c5)cc(/C=C\c5cc6ccc7ccccc7c6cn5)c4)cnc3C2C=C1. The molecule has 0 amide bonds. The van der Waals surface area contributed by atoms with Crippen LogP contribution in [0.1, 0.15) is 50.7 Å². The molecule has 2 aliphatic carbocycles. The van der Waals surface area contributed by atoms with Gasteiger partial charge in [-0.05, 0) is 97.4 Å². The lowest BCUT2D eigenvalue weighted by atomic mass is 9.80. The van der Waals surface area contributed by atoms with Crippen LogP contribution in [0.15, 0.2) is 158 Å². The van der Waals surface area contributed by atoms with Crippen molar-refractivity contribution in [3.63, 3.8) is 0 Å². The topological polar surface area (TPSA) is 38.7 Å². The van der Waals surface area contributed by atoms with E-state index in [4.69, 9.17) is 15.0 Å². The van der Waals surface area contributed by atoms with E-state index in [0.29, 0.717) is 11.8 Å². The predicted molar refractivity (Wildman–Crippen MR) is 230 cm³/mol. The molecule has 54 heavy (non-hydrogen) atoms.